The molecule has 0 saturated carbocycles. The van der Waals surface area contributed by atoms with E-state index in [1.807, 2.05) is 43.3 Å². The average Bonchev–Trinajstić information content (AvgIpc) is 2.68. The Labute approximate surface area is 146 Å². The van der Waals surface area contributed by atoms with Crippen molar-refractivity contribution in [1.82, 2.24) is 15.2 Å². The van der Waals surface area contributed by atoms with E-state index in [0.29, 0.717) is 12.4 Å². The lowest BCUT2D eigenvalue weighted by Gasteiger charge is -2.09. The van der Waals surface area contributed by atoms with Gasteiger partial charge >= 0.3 is 0 Å². The molecule has 0 spiro atoms. The van der Waals surface area contributed by atoms with Crippen molar-refractivity contribution in [2.75, 3.05) is 10.6 Å². The van der Waals surface area contributed by atoms with Crippen LogP contribution in [-0.4, -0.2) is 21.1 Å². The fraction of sp³-hybridized carbons (Fsp3) is 0.158. The highest BCUT2D eigenvalue weighted by atomic mass is 16.1. The smallest absolute Gasteiger partial charge is 0.276 e. The molecule has 3 aromatic rings. The minimum absolute atomic E-state index is 0.269. The molecule has 2 N–H and O–H groups in total. The van der Waals surface area contributed by atoms with E-state index in [2.05, 4.69) is 25.8 Å². The van der Waals surface area contributed by atoms with Gasteiger partial charge in [-0.05, 0) is 47.9 Å². The van der Waals surface area contributed by atoms with Gasteiger partial charge in [-0.1, -0.05) is 25.1 Å². The SMILES string of the molecule is CCc1ccccc1NC(=O)c1ccc(NCc2ccncc2)nn1. The van der Waals surface area contributed by atoms with Crippen molar-refractivity contribution in [3.63, 3.8) is 0 Å². The lowest BCUT2D eigenvalue weighted by Crippen LogP contribution is -2.16. The van der Waals surface area contributed by atoms with E-state index in [1.165, 1.54) is 0 Å². The lowest BCUT2D eigenvalue weighted by atomic mass is 10.1. The minimum Gasteiger partial charge on any atom is -0.365 e. The molecular formula is C19H19N5O. The first-order valence-electron chi connectivity index (χ1n) is 8.12. The molecule has 6 nitrogen and oxygen atoms in total. The fourth-order valence-electron chi connectivity index (χ4n) is 2.38. The molecule has 2 aromatic heterocycles. The number of carbonyl (C=O) groups is 1. The lowest BCUT2D eigenvalue weighted by molar-refractivity contribution is 0.102. The van der Waals surface area contributed by atoms with Crippen LogP contribution in [0.5, 0.6) is 0 Å². The quantitative estimate of drug-likeness (QED) is 0.723. The van der Waals surface area contributed by atoms with Gasteiger partial charge in [0.1, 0.15) is 5.82 Å². The molecule has 2 heterocycles. The maximum atomic E-state index is 12.3. The van der Waals surface area contributed by atoms with Crippen LogP contribution in [0.4, 0.5) is 11.5 Å². The number of hydrogen-bond acceptors (Lipinski definition) is 5. The maximum Gasteiger partial charge on any atom is 0.276 e. The zero-order chi connectivity index (χ0) is 17.5. The van der Waals surface area contributed by atoms with Gasteiger partial charge in [0.2, 0.25) is 0 Å². The number of anilines is 2. The summed E-state index contributed by atoms with van der Waals surface area (Å²) < 4.78 is 0. The van der Waals surface area contributed by atoms with Gasteiger partial charge < -0.3 is 10.6 Å². The molecule has 0 atom stereocenters. The van der Waals surface area contributed by atoms with Crippen molar-refractivity contribution >= 4 is 17.4 Å². The van der Waals surface area contributed by atoms with Crippen LogP contribution in [0.2, 0.25) is 0 Å². The topological polar surface area (TPSA) is 79.8 Å². The standard InChI is InChI=1S/C19H19N5O/c1-2-15-5-3-4-6-16(15)22-19(25)17-7-8-18(24-23-17)21-13-14-9-11-20-12-10-14/h3-12H,2,13H2,1H3,(H,21,24)(H,22,25). The fourth-order valence-corrected chi connectivity index (χ4v) is 2.38. The van der Waals surface area contributed by atoms with Crippen molar-refractivity contribution < 1.29 is 4.79 Å². The molecule has 0 aliphatic rings. The monoisotopic (exact) mass is 333 g/mol. The molecular weight excluding hydrogens is 314 g/mol. The number of carbonyl (C=O) groups excluding carboxylic acids is 1. The summed E-state index contributed by atoms with van der Waals surface area (Å²) in [5.41, 5.74) is 3.26. The maximum absolute atomic E-state index is 12.3. The van der Waals surface area contributed by atoms with E-state index in [4.69, 9.17) is 0 Å². The van der Waals surface area contributed by atoms with Gasteiger partial charge in [0, 0.05) is 24.6 Å². The molecule has 0 radical (unpaired) electrons. The Morgan fingerprint density at radius 2 is 1.80 bits per heavy atom. The van der Waals surface area contributed by atoms with Crippen molar-refractivity contribution in [2.24, 2.45) is 0 Å². The molecule has 25 heavy (non-hydrogen) atoms. The molecule has 126 valence electrons. The van der Waals surface area contributed by atoms with Gasteiger partial charge in [-0.15, -0.1) is 10.2 Å². The second-order valence-electron chi connectivity index (χ2n) is 5.48. The Kier molecular flexibility index (Phi) is 5.31. The highest BCUT2D eigenvalue weighted by molar-refractivity contribution is 6.03. The number of rotatable bonds is 6. The number of hydrogen-bond donors (Lipinski definition) is 2. The van der Waals surface area contributed by atoms with Crippen LogP contribution < -0.4 is 10.6 Å². The Hall–Kier alpha value is -3.28. The highest BCUT2D eigenvalue weighted by Gasteiger charge is 2.10. The average molecular weight is 333 g/mol. The molecule has 1 amide bonds. The van der Waals surface area contributed by atoms with Crippen LogP contribution in [0.15, 0.2) is 60.9 Å². The predicted octanol–water partition coefficient (Wildman–Crippen LogP) is 3.30. The molecule has 6 heteroatoms. The summed E-state index contributed by atoms with van der Waals surface area (Å²) >= 11 is 0. The number of pyridine rings is 1. The summed E-state index contributed by atoms with van der Waals surface area (Å²) in [7, 11) is 0. The van der Waals surface area contributed by atoms with E-state index < -0.39 is 0 Å². The Morgan fingerprint density at radius 3 is 2.52 bits per heavy atom. The first-order valence-corrected chi connectivity index (χ1v) is 8.12. The summed E-state index contributed by atoms with van der Waals surface area (Å²) in [4.78, 5) is 16.3. The third-order valence-corrected chi connectivity index (χ3v) is 3.77. The molecule has 0 bridgehead atoms. The van der Waals surface area contributed by atoms with E-state index in [1.54, 1.807) is 24.5 Å². The van der Waals surface area contributed by atoms with Crippen LogP contribution in [0, 0.1) is 0 Å². The van der Waals surface area contributed by atoms with E-state index in [-0.39, 0.29) is 11.6 Å². The van der Waals surface area contributed by atoms with Crippen LogP contribution in [0.3, 0.4) is 0 Å². The van der Waals surface area contributed by atoms with Gasteiger partial charge in [-0.25, -0.2) is 0 Å². The van der Waals surface area contributed by atoms with Crippen molar-refractivity contribution in [3.05, 3.63) is 77.7 Å². The van der Waals surface area contributed by atoms with Gasteiger partial charge in [0.15, 0.2) is 5.69 Å². The summed E-state index contributed by atoms with van der Waals surface area (Å²) in [6.07, 6.45) is 4.33. The summed E-state index contributed by atoms with van der Waals surface area (Å²) in [6, 6.07) is 15.0. The first-order chi connectivity index (χ1) is 12.3. The van der Waals surface area contributed by atoms with Gasteiger partial charge in [0.05, 0.1) is 0 Å². The van der Waals surface area contributed by atoms with E-state index in [0.717, 1.165) is 23.2 Å². The minimum atomic E-state index is -0.269. The number of nitrogens with one attached hydrogen (secondary N) is 2. The molecule has 1 aromatic carbocycles. The molecule has 0 saturated heterocycles. The molecule has 3 rings (SSSR count). The molecule has 0 aliphatic carbocycles. The molecule has 0 unspecified atom stereocenters. The van der Waals surface area contributed by atoms with E-state index >= 15 is 0 Å². The van der Waals surface area contributed by atoms with E-state index in [9.17, 15) is 4.79 Å². The summed E-state index contributed by atoms with van der Waals surface area (Å²) in [5, 5.41) is 14.1. The second kappa shape index (κ2) is 8.01. The number of nitrogens with zero attached hydrogens (tertiary/aromatic N) is 3. The van der Waals surface area contributed by atoms with Crippen molar-refractivity contribution in [1.29, 1.82) is 0 Å². The summed E-state index contributed by atoms with van der Waals surface area (Å²) in [5.74, 6) is 0.344. The third-order valence-electron chi connectivity index (χ3n) is 3.77. The molecule has 0 fully saturated rings. The normalized spacial score (nSPS) is 10.3. The number of amides is 1. The van der Waals surface area contributed by atoms with Gasteiger partial charge in [0.25, 0.3) is 5.91 Å². The Morgan fingerprint density at radius 1 is 1.00 bits per heavy atom. The van der Waals surface area contributed by atoms with Crippen LogP contribution in [0.1, 0.15) is 28.5 Å². The number of para-hydroxylation sites is 1. The number of aryl methyl sites for hydroxylation is 1. The zero-order valence-corrected chi connectivity index (χ0v) is 13.9. The van der Waals surface area contributed by atoms with Crippen LogP contribution in [0.25, 0.3) is 0 Å². The first kappa shape index (κ1) is 16.6. The predicted molar refractivity (Wildman–Crippen MR) is 97.4 cm³/mol. The summed E-state index contributed by atoms with van der Waals surface area (Å²) in [6.45, 7) is 2.67. The van der Waals surface area contributed by atoms with Crippen LogP contribution in [-0.2, 0) is 13.0 Å². The zero-order valence-electron chi connectivity index (χ0n) is 13.9. The molecule has 0 aliphatic heterocycles. The number of benzene rings is 1. The van der Waals surface area contributed by atoms with Crippen LogP contribution >= 0.6 is 0 Å². The third kappa shape index (κ3) is 4.38. The van der Waals surface area contributed by atoms with Gasteiger partial charge in [-0.3, -0.25) is 9.78 Å². The van der Waals surface area contributed by atoms with Gasteiger partial charge in [-0.2, -0.15) is 0 Å². The van der Waals surface area contributed by atoms with Crippen molar-refractivity contribution in [3.8, 4) is 0 Å². The Balaban J connectivity index is 1.62. The number of aromatic nitrogens is 3. The Bertz CT molecular complexity index is 834. The van der Waals surface area contributed by atoms with Crippen molar-refractivity contribution in [2.45, 2.75) is 19.9 Å². The largest absolute Gasteiger partial charge is 0.365 e. The second-order valence-corrected chi connectivity index (χ2v) is 5.48. The highest BCUT2D eigenvalue weighted by Crippen LogP contribution is 2.16.